The topological polar surface area (TPSA) is 75.6 Å². The Bertz CT molecular complexity index is 1460. The zero-order valence-electron chi connectivity index (χ0n) is 24.5. The average molecular weight is 550 g/mol. The minimum atomic E-state index is 0.456. The Morgan fingerprint density at radius 3 is 2.61 bits per heavy atom. The number of aromatic nitrogens is 4. The molecule has 2 N–H and O–H groups in total. The Kier molecular flexibility index (Phi) is 9.27. The smallest absolute Gasteiger partial charge is 0.150 e. The zero-order chi connectivity index (χ0) is 28.8. The van der Waals surface area contributed by atoms with Crippen molar-refractivity contribution in [2.45, 2.75) is 38.5 Å². The van der Waals surface area contributed by atoms with Crippen LogP contribution in [0.3, 0.4) is 0 Å². The molecule has 0 bridgehead atoms. The molecule has 1 saturated carbocycles. The third-order valence-electron chi connectivity index (χ3n) is 8.27. The van der Waals surface area contributed by atoms with Crippen molar-refractivity contribution in [3.8, 4) is 0 Å². The fraction of sp³-hybridized carbons (Fsp3) is 0.382. The fourth-order valence-electron chi connectivity index (χ4n) is 5.97. The van der Waals surface area contributed by atoms with Gasteiger partial charge in [-0.25, -0.2) is 9.97 Å². The molecule has 1 aliphatic heterocycles. The van der Waals surface area contributed by atoms with Gasteiger partial charge in [-0.15, -0.1) is 6.58 Å². The lowest BCUT2D eigenvalue weighted by Gasteiger charge is -2.40. The molecule has 0 radical (unpaired) electrons. The molecule has 0 aromatic carbocycles. The maximum Gasteiger partial charge on any atom is 0.150 e. The van der Waals surface area contributed by atoms with E-state index in [1.54, 1.807) is 12.3 Å². The number of nitrogens with two attached hydrogens (primary N) is 1. The largest absolute Gasteiger partial charge is 0.382 e. The molecule has 3 aromatic rings. The first-order valence-corrected chi connectivity index (χ1v) is 14.8. The van der Waals surface area contributed by atoms with Crippen LogP contribution in [0, 0.1) is 5.92 Å². The number of fused-ring (bicyclic) bond motifs is 2. The van der Waals surface area contributed by atoms with E-state index in [1.165, 1.54) is 45.6 Å². The van der Waals surface area contributed by atoms with Crippen molar-refractivity contribution in [3.63, 3.8) is 0 Å². The number of pyridine rings is 1. The number of rotatable bonds is 7. The summed E-state index contributed by atoms with van der Waals surface area (Å²) in [5.74, 6) is 2.85. The summed E-state index contributed by atoms with van der Waals surface area (Å²) in [7, 11) is 2.21. The Hall–Kier alpha value is -3.81. The number of hydrogen-bond acceptors (Lipinski definition) is 6. The highest BCUT2D eigenvalue weighted by Crippen LogP contribution is 2.43. The molecule has 4 heterocycles. The van der Waals surface area contributed by atoms with Crippen molar-refractivity contribution in [3.05, 3.63) is 96.5 Å². The van der Waals surface area contributed by atoms with Crippen molar-refractivity contribution in [2.24, 2.45) is 5.92 Å². The highest BCUT2D eigenvalue weighted by Gasteiger charge is 2.35. The van der Waals surface area contributed by atoms with Crippen molar-refractivity contribution in [1.29, 1.82) is 0 Å². The van der Waals surface area contributed by atoms with E-state index in [9.17, 15) is 0 Å². The molecule has 3 aliphatic rings. The molecule has 1 saturated heterocycles. The number of imidazole rings is 1. The van der Waals surface area contributed by atoms with Crippen molar-refractivity contribution >= 4 is 29.1 Å². The van der Waals surface area contributed by atoms with Gasteiger partial charge in [-0.2, -0.15) is 0 Å². The summed E-state index contributed by atoms with van der Waals surface area (Å²) >= 11 is 0. The Morgan fingerprint density at radius 1 is 1.10 bits per heavy atom. The monoisotopic (exact) mass is 549 g/mol. The second kappa shape index (κ2) is 13.2. The van der Waals surface area contributed by atoms with Crippen LogP contribution in [0.15, 0.2) is 68.1 Å². The predicted molar refractivity (Wildman–Crippen MR) is 171 cm³/mol. The molecule has 2 fully saturated rings. The number of likely N-dealkylation sites (N-methyl/N-ethyl adjacent to an activating group) is 1. The standard InChI is InChI=1S/C29H35N7.C5H8/c1-3-5-24-9-8-21-6-4-7-22(18-25(21)32-24)26-27-28(30)31-10-11-36(27)29(33-26)23-16-20(17-23)19-35-14-12-34(2)13-15-35;1-3-5-4-2/h3-4,6,8-11,18,20,23H,1,5,7,12-17,19H2,2H3,(H2,30,31);3-5H,1H2,2H3/b;5-4-. The van der Waals surface area contributed by atoms with Gasteiger partial charge in [0.25, 0.3) is 0 Å². The summed E-state index contributed by atoms with van der Waals surface area (Å²) in [6.07, 6.45) is 21.7. The van der Waals surface area contributed by atoms with Gasteiger partial charge < -0.3 is 15.5 Å². The SMILES string of the molecule is C=C/C=C\C.C=CCc1ccc2c(n1)C=C(c1nc(C3CC(CN4CCN(C)CC4)C3)n3ccnc(N)c13)CC=C2. The van der Waals surface area contributed by atoms with Crippen LogP contribution in [-0.2, 0) is 6.42 Å². The van der Waals surface area contributed by atoms with Crippen molar-refractivity contribution in [1.82, 2.24) is 29.2 Å². The number of hydrogen-bond donors (Lipinski definition) is 1. The van der Waals surface area contributed by atoms with Gasteiger partial charge in [-0.1, -0.05) is 49.1 Å². The second-order valence-corrected chi connectivity index (χ2v) is 11.3. The number of allylic oxidation sites excluding steroid dienone is 6. The quantitative estimate of drug-likeness (QED) is 0.293. The Labute approximate surface area is 244 Å². The first-order valence-electron chi connectivity index (χ1n) is 14.8. The normalized spacial score (nSPS) is 21.0. The summed E-state index contributed by atoms with van der Waals surface area (Å²) < 4.78 is 2.19. The molecular formula is C34H43N7. The first-order chi connectivity index (χ1) is 20.0. The molecule has 214 valence electrons. The van der Waals surface area contributed by atoms with E-state index in [0.29, 0.717) is 11.7 Å². The van der Waals surface area contributed by atoms with Crippen LogP contribution >= 0.6 is 0 Å². The van der Waals surface area contributed by atoms with E-state index in [4.69, 9.17) is 15.7 Å². The zero-order valence-corrected chi connectivity index (χ0v) is 24.5. The molecule has 0 spiro atoms. The highest BCUT2D eigenvalue weighted by atomic mass is 15.2. The van der Waals surface area contributed by atoms with Crippen LogP contribution in [0.1, 0.15) is 60.6 Å². The van der Waals surface area contributed by atoms with Crippen molar-refractivity contribution < 1.29 is 0 Å². The molecule has 0 atom stereocenters. The molecule has 41 heavy (non-hydrogen) atoms. The second-order valence-electron chi connectivity index (χ2n) is 11.3. The molecule has 0 amide bonds. The van der Waals surface area contributed by atoms with Gasteiger partial charge in [0.1, 0.15) is 17.2 Å². The van der Waals surface area contributed by atoms with Crippen LogP contribution in [-0.4, -0.2) is 68.9 Å². The lowest BCUT2D eigenvalue weighted by Crippen LogP contribution is -2.47. The Morgan fingerprint density at radius 2 is 1.90 bits per heavy atom. The molecule has 2 aliphatic carbocycles. The van der Waals surface area contributed by atoms with E-state index in [0.717, 1.165) is 58.3 Å². The van der Waals surface area contributed by atoms with Crippen LogP contribution in [0.25, 0.3) is 23.2 Å². The summed E-state index contributed by atoms with van der Waals surface area (Å²) in [5.41, 5.74) is 12.5. The van der Waals surface area contributed by atoms with Gasteiger partial charge >= 0.3 is 0 Å². The van der Waals surface area contributed by atoms with Gasteiger partial charge in [-0.05, 0) is 62.4 Å². The summed E-state index contributed by atoms with van der Waals surface area (Å²) in [6, 6.07) is 4.21. The predicted octanol–water partition coefficient (Wildman–Crippen LogP) is 5.88. The number of anilines is 1. The van der Waals surface area contributed by atoms with E-state index < -0.39 is 0 Å². The molecule has 7 heteroatoms. The van der Waals surface area contributed by atoms with E-state index >= 15 is 0 Å². The van der Waals surface area contributed by atoms with E-state index in [1.807, 2.05) is 31.3 Å². The minimum absolute atomic E-state index is 0.456. The van der Waals surface area contributed by atoms with E-state index in [2.05, 4.69) is 69.8 Å². The minimum Gasteiger partial charge on any atom is -0.382 e. The number of nitrogens with zero attached hydrogens (tertiary/aromatic N) is 6. The highest BCUT2D eigenvalue weighted by molar-refractivity contribution is 5.92. The van der Waals surface area contributed by atoms with Crippen LogP contribution in [0.2, 0.25) is 0 Å². The summed E-state index contributed by atoms with van der Waals surface area (Å²) in [6.45, 7) is 15.2. The third-order valence-corrected chi connectivity index (χ3v) is 8.27. The van der Waals surface area contributed by atoms with Crippen LogP contribution in [0.4, 0.5) is 5.82 Å². The maximum absolute atomic E-state index is 6.44. The van der Waals surface area contributed by atoms with Crippen LogP contribution in [0.5, 0.6) is 0 Å². The van der Waals surface area contributed by atoms with Gasteiger partial charge in [0.05, 0.1) is 11.4 Å². The van der Waals surface area contributed by atoms with E-state index in [-0.39, 0.29) is 0 Å². The first kappa shape index (κ1) is 28.7. The van der Waals surface area contributed by atoms with Crippen molar-refractivity contribution in [2.75, 3.05) is 45.5 Å². The Balaban J connectivity index is 0.000000623. The van der Waals surface area contributed by atoms with Gasteiger partial charge in [0.15, 0.2) is 0 Å². The lowest BCUT2D eigenvalue weighted by atomic mass is 9.74. The molecular weight excluding hydrogens is 506 g/mol. The fourth-order valence-corrected chi connectivity index (χ4v) is 5.97. The van der Waals surface area contributed by atoms with Gasteiger partial charge in [-0.3, -0.25) is 9.38 Å². The number of piperazine rings is 1. The summed E-state index contributed by atoms with van der Waals surface area (Å²) in [5, 5.41) is 0. The summed E-state index contributed by atoms with van der Waals surface area (Å²) in [4.78, 5) is 19.6. The molecule has 7 nitrogen and oxygen atoms in total. The molecule has 6 rings (SSSR count). The maximum atomic E-state index is 6.44. The lowest BCUT2D eigenvalue weighted by molar-refractivity contribution is 0.104. The van der Waals surface area contributed by atoms with Gasteiger partial charge in [0, 0.05) is 63.2 Å². The average Bonchev–Trinajstić information content (AvgIpc) is 3.20. The third kappa shape index (κ3) is 6.58. The molecule has 3 aromatic heterocycles. The van der Waals surface area contributed by atoms with Crippen LogP contribution < -0.4 is 5.73 Å². The van der Waals surface area contributed by atoms with Gasteiger partial charge in [0.2, 0.25) is 0 Å². The molecule has 0 unspecified atom stereocenters. The number of nitrogen functional groups attached to an aromatic ring is 1.